The van der Waals surface area contributed by atoms with Crippen LogP contribution < -0.4 is 5.32 Å². The molecule has 0 aliphatic heterocycles. The van der Waals surface area contributed by atoms with Gasteiger partial charge in [0.2, 0.25) is 0 Å². The quantitative estimate of drug-likeness (QED) is 0.822. The fourth-order valence-corrected chi connectivity index (χ4v) is 2.63. The van der Waals surface area contributed by atoms with Crippen LogP contribution in [0, 0.1) is 0 Å². The van der Waals surface area contributed by atoms with Crippen LogP contribution in [0.3, 0.4) is 0 Å². The van der Waals surface area contributed by atoms with Crippen LogP contribution in [0.1, 0.15) is 31.4 Å². The summed E-state index contributed by atoms with van der Waals surface area (Å²) in [6.45, 7) is 4.39. The SMILES string of the molecule is CCCNC(CCN(C)C)c1cccc2ccccc12. The molecule has 1 atom stereocenters. The van der Waals surface area contributed by atoms with E-state index in [0.717, 1.165) is 19.5 Å². The molecule has 2 aromatic rings. The smallest absolute Gasteiger partial charge is 0.0338 e. The van der Waals surface area contributed by atoms with Crippen LogP contribution in [0.2, 0.25) is 0 Å². The van der Waals surface area contributed by atoms with Crippen LogP contribution >= 0.6 is 0 Å². The van der Waals surface area contributed by atoms with Gasteiger partial charge >= 0.3 is 0 Å². The summed E-state index contributed by atoms with van der Waals surface area (Å²) in [4.78, 5) is 2.26. The molecule has 0 spiro atoms. The van der Waals surface area contributed by atoms with E-state index in [2.05, 4.69) is 73.7 Å². The lowest BCUT2D eigenvalue weighted by Gasteiger charge is -2.22. The number of hydrogen-bond donors (Lipinski definition) is 1. The molecule has 108 valence electrons. The fourth-order valence-electron chi connectivity index (χ4n) is 2.63. The average Bonchev–Trinajstić information content (AvgIpc) is 2.47. The molecule has 0 radical (unpaired) electrons. The minimum Gasteiger partial charge on any atom is -0.310 e. The third-order valence-corrected chi connectivity index (χ3v) is 3.70. The van der Waals surface area contributed by atoms with Crippen molar-refractivity contribution in [3.63, 3.8) is 0 Å². The van der Waals surface area contributed by atoms with Gasteiger partial charge in [-0.1, -0.05) is 49.4 Å². The van der Waals surface area contributed by atoms with Crippen molar-refractivity contribution in [1.29, 1.82) is 0 Å². The number of hydrogen-bond acceptors (Lipinski definition) is 2. The van der Waals surface area contributed by atoms with Crippen molar-refractivity contribution in [3.8, 4) is 0 Å². The van der Waals surface area contributed by atoms with Crippen LogP contribution in [-0.2, 0) is 0 Å². The van der Waals surface area contributed by atoms with E-state index in [1.54, 1.807) is 0 Å². The van der Waals surface area contributed by atoms with E-state index in [4.69, 9.17) is 0 Å². The Morgan fingerprint density at radius 2 is 1.80 bits per heavy atom. The van der Waals surface area contributed by atoms with Crippen molar-refractivity contribution in [1.82, 2.24) is 10.2 Å². The van der Waals surface area contributed by atoms with Crippen molar-refractivity contribution in [2.24, 2.45) is 0 Å². The number of fused-ring (bicyclic) bond motifs is 1. The number of nitrogens with zero attached hydrogens (tertiary/aromatic N) is 1. The van der Waals surface area contributed by atoms with Gasteiger partial charge in [0.05, 0.1) is 0 Å². The maximum atomic E-state index is 3.71. The van der Waals surface area contributed by atoms with Gasteiger partial charge in [-0.25, -0.2) is 0 Å². The van der Waals surface area contributed by atoms with Crippen molar-refractivity contribution in [3.05, 3.63) is 48.0 Å². The first kappa shape index (κ1) is 15.0. The molecule has 2 rings (SSSR count). The second-order valence-electron chi connectivity index (χ2n) is 5.67. The zero-order chi connectivity index (χ0) is 14.4. The summed E-state index contributed by atoms with van der Waals surface area (Å²) < 4.78 is 0. The standard InChI is InChI=1S/C18H26N2/c1-4-13-19-18(12-14-20(2)3)17-11-7-9-15-8-5-6-10-16(15)17/h5-11,18-19H,4,12-14H2,1-3H3. The Labute approximate surface area is 122 Å². The third kappa shape index (κ3) is 3.81. The van der Waals surface area contributed by atoms with Gasteiger partial charge in [0.1, 0.15) is 0 Å². The predicted octanol–water partition coefficient (Wildman–Crippen LogP) is 3.83. The van der Waals surface area contributed by atoms with Gasteiger partial charge in [0.15, 0.2) is 0 Å². The Kier molecular flexibility index (Phi) is 5.57. The van der Waals surface area contributed by atoms with E-state index in [-0.39, 0.29) is 0 Å². The average molecular weight is 270 g/mol. The monoisotopic (exact) mass is 270 g/mol. The minimum atomic E-state index is 0.434. The summed E-state index contributed by atoms with van der Waals surface area (Å²) in [7, 11) is 4.28. The predicted molar refractivity (Wildman–Crippen MR) is 88.2 cm³/mol. The highest BCUT2D eigenvalue weighted by atomic mass is 15.1. The van der Waals surface area contributed by atoms with Crippen molar-refractivity contribution in [2.75, 3.05) is 27.2 Å². The summed E-state index contributed by atoms with van der Waals surface area (Å²) in [5, 5.41) is 6.42. The third-order valence-electron chi connectivity index (χ3n) is 3.70. The second-order valence-corrected chi connectivity index (χ2v) is 5.67. The molecule has 0 saturated carbocycles. The van der Waals surface area contributed by atoms with E-state index < -0.39 is 0 Å². The maximum absolute atomic E-state index is 3.71. The fraction of sp³-hybridized carbons (Fsp3) is 0.444. The summed E-state index contributed by atoms with van der Waals surface area (Å²) >= 11 is 0. The van der Waals surface area contributed by atoms with Crippen LogP contribution in [0.15, 0.2) is 42.5 Å². The Morgan fingerprint density at radius 3 is 2.55 bits per heavy atom. The molecule has 1 N–H and O–H groups in total. The normalized spacial score (nSPS) is 13.0. The van der Waals surface area contributed by atoms with Crippen molar-refractivity contribution < 1.29 is 0 Å². The number of rotatable bonds is 7. The Hall–Kier alpha value is -1.38. The molecular weight excluding hydrogens is 244 g/mol. The summed E-state index contributed by atoms with van der Waals surface area (Å²) in [6, 6.07) is 15.8. The van der Waals surface area contributed by atoms with Crippen LogP contribution in [-0.4, -0.2) is 32.1 Å². The van der Waals surface area contributed by atoms with Gasteiger partial charge < -0.3 is 10.2 Å². The molecule has 1 unspecified atom stereocenters. The highest BCUT2D eigenvalue weighted by Gasteiger charge is 2.13. The van der Waals surface area contributed by atoms with E-state index >= 15 is 0 Å². The number of nitrogens with one attached hydrogen (secondary N) is 1. The number of benzene rings is 2. The van der Waals surface area contributed by atoms with Gasteiger partial charge in [-0.3, -0.25) is 0 Å². The molecule has 0 aliphatic carbocycles. The van der Waals surface area contributed by atoms with Crippen LogP contribution in [0.25, 0.3) is 10.8 Å². The zero-order valence-electron chi connectivity index (χ0n) is 12.9. The highest BCUT2D eigenvalue weighted by Crippen LogP contribution is 2.26. The first-order valence-electron chi connectivity index (χ1n) is 7.58. The minimum absolute atomic E-state index is 0.434. The van der Waals surface area contributed by atoms with Gasteiger partial charge in [-0.05, 0) is 56.4 Å². The lowest BCUT2D eigenvalue weighted by atomic mass is 9.96. The van der Waals surface area contributed by atoms with Gasteiger partial charge in [0.25, 0.3) is 0 Å². The Balaban J connectivity index is 2.29. The van der Waals surface area contributed by atoms with Crippen LogP contribution in [0.4, 0.5) is 0 Å². The molecule has 2 nitrogen and oxygen atoms in total. The first-order valence-corrected chi connectivity index (χ1v) is 7.58. The highest BCUT2D eigenvalue weighted by molar-refractivity contribution is 5.86. The van der Waals surface area contributed by atoms with E-state index in [1.807, 2.05) is 0 Å². The molecule has 0 heterocycles. The lowest BCUT2D eigenvalue weighted by molar-refractivity contribution is 0.362. The molecule has 2 heteroatoms. The molecule has 0 aromatic heterocycles. The lowest BCUT2D eigenvalue weighted by Crippen LogP contribution is -2.26. The van der Waals surface area contributed by atoms with Gasteiger partial charge in [-0.15, -0.1) is 0 Å². The largest absolute Gasteiger partial charge is 0.310 e. The van der Waals surface area contributed by atoms with Crippen LogP contribution in [0.5, 0.6) is 0 Å². The molecule has 0 saturated heterocycles. The summed E-state index contributed by atoms with van der Waals surface area (Å²) in [6.07, 6.45) is 2.31. The molecule has 0 bridgehead atoms. The topological polar surface area (TPSA) is 15.3 Å². The van der Waals surface area contributed by atoms with Gasteiger partial charge in [-0.2, -0.15) is 0 Å². The Morgan fingerprint density at radius 1 is 1.05 bits per heavy atom. The zero-order valence-corrected chi connectivity index (χ0v) is 12.9. The first-order chi connectivity index (χ1) is 9.72. The van der Waals surface area contributed by atoms with Crippen molar-refractivity contribution >= 4 is 10.8 Å². The van der Waals surface area contributed by atoms with E-state index in [1.165, 1.54) is 22.8 Å². The van der Waals surface area contributed by atoms with E-state index in [9.17, 15) is 0 Å². The maximum Gasteiger partial charge on any atom is 0.0338 e. The van der Waals surface area contributed by atoms with Crippen molar-refractivity contribution in [2.45, 2.75) is 25.8 Å². The molecular formula is C18H26N2. The second kappa shape index (κ2) is 7.41. The molecule has 2 aromatic carbocycles. The molecule has 20 heavy (non-hydrogen) atoms. The molecule has 0 fully saturated rings. The Bertz CT molecular complexity index is 528. The van der Waals surface area contributed by atoms with E-state index in [0.29, 0.717) is 6.04 Å². The van der Waals surface area contributed by atoms with Gasteiger partial charge in [0, 0.05) is 6.04 Å². The molecule has 0 aliphatic rings. The summed E-state index contributed by atoms with van der Waals surface area (Å²) in [5.41, 5.74) is 1.43. The summed E-state index contributed by atoms with van der Waals surface area (Å²) in [5.74, 6) is 0. The molecule has 0 amide bonds.